The van der Waals surface area contributed by atoms with Crippen molar-refractivity contribution in [3.05, 3.63) is 51.3 Å². The summed E-state index contributed by atoms with van der Waals surface area (Å²) in [6.07, 6.45) is 4.95. The minimum atomic E-state index is 0.329. The molecular weight excluding hydrogens is 292 g/mol. The van der Waals surface area contributed by atoms with Crippen LogP contribution >= 0.6 is 11.3 Å². The first kappa shape index (κ1) is 14.2. The monoisotopic (exact) mass is 314 g/mol. The molecule has 1 saturated carbocycles. The summed E-state index contributed by atoms with van der Waals surface area (Å²) in [7, 11) is 1.77. The first-order valence-corrected chi connectivity index (χ1v) is 9.03. The molecule has 4 heteroatoms. The highest BCUT2D eigenvalue weighted by atomic mass is 32.1. The van der Waals surface area contributed by atoms with Crippen molar-refractivity contribution in [3.63, 3.8) is 0 Å². The van der Waals surface area contributed by atoms with Gasteiger partial charge < -0.3 is 9.30 Å². The Hall–Kier alpha value is -1.39. The Morgan fingerprint density at radius 2 is 2.14 bits per heavy atom. The number of aromatic nitrogens is 1. The van der Waals surface area contributed by atoms with E-state index in [2.05, 4.69) is 34.2 Å². The number of rotatable bonds is 5. The molecule has 1 aromatic carbocycles. The maximum atomic E-state index is 5.29. The molecule has 3 nitrogen and oxygen atoms in total. The van der Waals surface area contributed by atoms with E-state index in [9.17, 15) is 0 Å². The second-order valence-electron chi connectivity index (χ2n) is 6.24. The molecule has 22 heavy (non-hydrogen) atoms. The Morgan fingerprint density at radius 3 is 2.95 bits per heavy atom. The Bertz CT molecular complexity index is 727. The van der Waals surface area contributed by atoms with E-state index in [0.717, 1.165) is 31.9 Å². The van der Waals surface area contributed by atoms with Gasteiger partial charge in [0.25, 0.3) is 0 Å². The fourth-order valence-electron chi connectivity index (χ4n) is 3.36. The van der Waals surface area contributed by atoms with Gasteiger partial charge in [-0.05, 0) is 36.8 Å². The average Bonchev–Trinajstić information content (AvgIpc) is 3.20. The number of fused-ring (bicyclic) bond motifs is 1. The van der Waals surface area contributed by atoms with Crippen molar-refractivity contribution >= 4 is 11.3 Å². The summed E-state index contributed by atoms with van der Waals surface area (Å²) in [5.74, 6) is 0.757. The highest BCUT2D eigenvalue weighted by Crippen LogP contribution is 2.40. The number of thiazole rings is 1. The van der Waals surface area contributed by atoms with Gasteiger partial charge >= 0.3 is 0 Å². The van der Waals surface area contributed by atoms with Gasteiger partial charge in [0.1, 0.15) is 0 Å². The second kappa shape index (κ2) is 6.01. The molecule has 1 aromatic heterocycles. The zero-order valence-corrected chi connectivity index (χ0v) is 13.8. The Morgan fingerprint density at radius 1 is 1.27 bits per heavy atom. The van der Waals surface area contributed by atoms with Crippen LogP contribution in [0, 0.1) is 0 Å². The van der Waals surface area contributed by atoms with Crippen LogP contribution in [0.25, 0.3) is 0 Å². The van der Waals surface area contributed by atoms with E-state index >= 15 is 0 Å². The summed E-state index contributed by atoms with van der Waals surface area (Å²) in [4.78, 5) is 6.28. The number of benzene rings is 1. The quantitative estimate of drug-likeness (QED) is 0.827. The third kappa shape index (κ3) is 2.66. The molecule has 0 saturated heterocycles. The van der Waals surface area contributed by atoms with Gasteiger partial charge in [0.2, 0.25) is 0 Å². The lowest BCUT2D eigenvalue weighted by Crippen LogP contribution is -2.20. The van der Waals surface area contributed by atoms with Crippen LogP contribution in [0.2, 0.25) is 0 Å². The van der Waals surface area contributed by atoms with E-state index in [0.29, 0.717) is 6.04 Å². The van der Waals surface area contributed by atoms with Crippen molar-refractivity contribution in [1.82, 2.24) is 4.57 Å². The molecule has 0 aliphatic heterocycles. The van der Waals surface area contributed by atoms with E-state index in [4.69, 9.17) is 9.73 Å². The van der Waals surface area contributed by atoms with Gasteiger partial charge in [0, 0.05) is 30.6 Å². The minimum absolute atomic E-state index is 0.329. The number of ether oxygens (including phenoxy) is 1. The molecule has 0 N–H and O–H groups in total. The third-order valence-corrected chi connectivity index (χ3v) is 5.61. The van der Waals surface area contributed by atoms with E-state index in [1.165, 1.54) is 34.5 Å². The predicted octanol–water partition coefficient (Wildman–Crippen LogP) is 3.66. The molecule has 1 heterocycles. The number of aryl methyl sites for hydroxylation is 1. The molecule has 1 fully saturated rings. The smallest absolute Gasteiger partial charge is 0.185 e. The van der Waals surface area contributed by atoms with E-state index in [1.807, 2.05) is 0 Å². The molecule has 2 aromatic rings. The van der Waals surface area contributed by atoms with Crippen LogP contribution in [0.15, 0.2) is 34.6 Å². The molecule has 1 atom stereocenters. The molecule has 2 aliphatic carbocycles. The van der Waals surface area contributed by atoms with Crippen LogP contribution in [-0.4, -0.2) is 18.3 Å². The normalized spacial score (nSPS) is 21.3. The van der Waals surface area contributed by atoms with Crippen molar-refractivity contribution in [3.8, 4) is 0 Å². The Kier molecular flexibility index (Phi) is 3.89. The van der Waals surface area contributed by atoms with Crippen molar-refractivity contribution < 1.29 is 4.74 Å². The summed E-state index contributed by atoms with van der Waals surface area (Å²) in [5, 5.41) is 2.31. The molecular formula is C18H22N2OS. The van der Waals surface area contributed by atoms with Gasteiger partial charge in [0.05, 0.1) is 12.6 Å². The lowest BCUT2D eigenvalue weighted by Gasteiger charge is -2.09. The molecule has 0 spiro atoms. The highest BCUT2D eigenvalue weighted by Gasteiger charge is 2.28. The van der Waals surface area contributed by atoms with Gasteiger partial charge in [-0.3, -0.25) is 4.99 Å². The van der Waals surface area contributed by atoms with Crippen LogP contribution in [0.1, 0.15) is 48.0 Å². The van der Waals surface area contributed by atoms with E-state index < -0.39 is 0 Å². The van der Waals surface area contributed by atoms with Crippen molar-refractivity contribution in [1.29, 1.82) is 0 Å². The molecule has 4 rings (SSSR count). The topological polar surface area (TPSA) is 26.5 Å². The van der Waals surface area contributed by atoms with E-state index in [1.54, 1.807) is 18.4 Å². The largest absolute Gasteiger partial charge is 0.383 e. The summed E-state index contributed by atoms with van der Waals surface area (Å²) in [6, 6.07) is 9.08. The van der Waals surface area contributed by atoms with Crippen molar-refractivity contribution in [2.45, 2.75) is 44.2 Å². The predicted molar refractivity (Wildman–Crippen MR) is 89.2 cm³/mol. The van der Waals surface area contributed by atoms with Gasteiger partial charge in [-0.1, -0.05) is 24.3 Å². The first-order valence-electron chi connectivity index (χ1n) is 8.15. The minimum Gasteiger partial charge on any atom is -0.383 e. The summed E-state index contributed by atoms with van der Waals surface area (Å²) in [6.45, 7) is 1.67. The van der Waals surface area contributed by atoms with E-state index in [-0.39, 0.29) is 0 Å². The number of hydrogen-bond donors (Lipinski definition) is 0. The van der Waals surface area contributed by atoms with Gasteiger partial charge in [-0.25, -0.2) is 0 Å². The van der Waals surface area contributed by atoms with Crippen molar-refractivity contribution in [2.75, 3.05) is 13.7 Å². The Labute approximate surface area is 135 Å². The third-order valence-electron chi connectivity index (χ3n) is 4.71. The highest BCUT2D eigenvalue weighted by molar-refractivity contribution is 7.07. The number of hydrogen-bond acceptors (Lipinski definition) is 3. The maximum absolute atomic E-state index is 5.29. The maximum Gasteiger partial charge on any atom is 0.185 e. The van der Waals surface area contributed by atoms with Crippen molar-refractivity contribution in [2.24, 2.45) is 4.99 Å². The van der Waals surface area contributed by atoms with Crippen LogP contribution in [0.3, 0.4) is 0 Å². The molecule has 2 aliphatic rings. The summed E-state index contributed by atoms with van der Waals surface area (Å²) in [5.41, 5.74) is 4.35. The summed E-state index contributed by atoms with van der Waals surface area (Å²) < 4.78 is 7.69. The molecule has 0 amide bonds. The van der Waals surface area contributed by atoms with Crippen LogP contribution in [0.4, 0.5) is 0 Å². The van der Waals surface area contributed by atoms with Gasteiger partial charge in [-0.15, -0.1) is 11.3 Å². The van der Waals surface area contributed by atoms with Crippen LogP contribution < -0.4 is 4.80 Å². The molecule has 1 unspecified atom stereocenters. The molecule has 0 bridgehead atoms. The van der Waals surface area contributed by atoms with Crippen LogP contribution in [-0.2, 0) is 17.7 Å². The second-order valence-corrected chi connectivity index (χ2v) is 7.08. The fourth-order valence-corrected chi connectivity index (χ4v) is 4.41. The molecule has 116 valence electrons. The lowest BCUT2D eigenvalue weighted by molar-refractivity contribution is 0.185. The molecule has 0 radical (unpaired) electrons. The SMILES string of the molecule is COCCn1c(C2CC2)csc1=NC1CCc2ccccc21. The van der Waals surface area contributed by atoms with Gasteiger partial charge in [0.15, 0.2) is 4.80 Å². The zero-order chi connectivity index (χ0) is 14.9. The van der Waals surface area contributed by atoms with Gasteiger partial charge in [-0.2, -0.15) is 0 Å². The summed E-state index contributed by atoms with van der Waals surface area (Å²) >= 11 is 1.80. The fraction of sp³-hybridized carbons (Fsp3) is 0.500. The Balaban J connectivity index is 1.70. The van der Waals surface area contributed by atoms with Crippen LogP contribution in [0.5, 0.6) is 0 Å². The average molecular weight is 314 g/mol. The number of nitrogens with zero attached hydrogens (tertiary/aromatic N) is 2. The number of methoxy groups -OCH3 is 1. The zero-order valence-electron chi connectivity index (χ0n) is 13.0. The lowest BCUT2D eigenvalue weighted by atomic mass is 10.1. The first-order chi connectivity index (χ1) is 10.9. The standard InChI is InChI=1S/C18H22N2OS/c1-21-11-10-20-17(14-6-7-14)12-22-18(20)19-16-9-8-13-4-2-3-5-15(13)16/h2-5,12,14,16H,6-11H2,1H3.